The molecule has 1 aliphatic rings. The average molecular weight is 392 g/mol. The molecule has 0 atom stereocenters. The first-order chi connectivity index (χ1) is 12.4. The largest absolute Gasteiger partial charge is 0.465 e. The van der Waals surface area contributed by atoms with Crippen LogP contribution in [0.2, 0.25) is 0 Å². The highest BCUT2D eigenvalue weighted by molar-refractivity contribution is 8.26. The van der Waals surface area contributed by atoms with Crippen molar-refractivity contribution in [3.63, 3.8) is 0 Å². The highest BCUT2D eigenvalue weighted by atomic mass is 32.2. The molecular formula is C14H8N4O6S2. The summed E-state index contributed by atoms with van der Waals surface area (Å²) >= 11 is 6.11. The summed E-state index contributed by atoms with van der Waals surface area (Å²) in [4.78, 5) is 33.2. The van der Waals surface area contributed by atoms with E-state index in [0.717, 1.165) is 35.0 Å². The number of thiocarbonyl (C=S) groups is 1. The molecule has 10 nitrogen and oxygen atoms in total. The zero-order chi connectivity index (χ0) is 18.8. The molecule has 12 heteroatoms. The molecule has 26 heavy (non-hydrogen) atoms. The van der Waals surface area contributed by atoms with Crippen LogP contribution in [-0.2, 0) is 4.79 Å². The number of carbonyl (C=O) groups is 1. The fourth-order valence-electron chi connectivity index (χ4n) is 2.07. The van der Waals surface area contributed by atoms with Gasteiger partial charge in [-0.3, -0.25) is 30.4 Å². The molecule has 0 spiro atoms. The lowest BCUT2D eigenvalue weighted by Crippen LogP contribution is -2.34. The van der Waals surface area contributed by atoms with E-state index in [0.29, 0.717) is 5.76 Å². The van der Waals surface area contributed by atoms with E-state index in [2.05, 4.69) is 5.43 Å². The van der Waals surface area contributed by atoms with Crippen LogP contribution in [0.5, 0.6) is 0 Å². The van der Waals surface area contributed by atoms with Gasteiger partial charge in [0.25, 0.3) is 11.6 Å². The van der Waals surface area contributed by atoms with Crippen LogP contribution in [0.25, 0.3) is 6.08 Å². The van der Waals surface area contributed by atoms with Crippen LogP contribution >= 0.6 is 24.0 Å². The maximum atomic E-state index is 12.5. The van der Waals surface area contributed by atoms with Crippen LogP contribution in [0, 0.1) is 20.2 Å². The minimum absolute atomic E-state index is 0.101. The second-order valence-corrected chi connectivity index (χ2v) is 6.54. The number of nitro groups is 2. The summed E-state index contributed by atoms with van der Waals surface area (Å²) in [5.74, 6) is -0.0733. The Hall–Kier alpha value is -3.25. The number of furan rings is 1. The number of non-ortho nitro benzene ring substituents is 1. The zero-order valence-corrected chi connectivity index (χ0v) is 14.3. The number of hydrogen-bond donors (Lipinski definition) is 1. The molecule has 3 rings (SSSR count). The van der Waals surface area contributed by atoms with Crippen LogP contribution in [-0.4, -0.2) is 25.1 Å². The Kier molecular flexibility index (Phi) is 4.69. The molecule has 0 saturated carbocycles. The average Bonchev–Trinajstić information content (AvgIpc) is 3.19. The van der Waals surface area contributed by atoms with Gasteiger partial charge in [-0.1, -0.05) is 11.8 Å². The zero-order valence-electron chi connectivity index (χ0n) is 12.6. The first-order valence-electron chi connectivity index (χ1n) is 6.88. The van der Waals surface area contributed by atoms with E-state index in [1.807, 2.05) is 0 Å². The van der Waals surface area contributed by atoms with Gasteiger partial charge in [0.1, 0.15) is 11.4 Å². The van der Waals surface area contributed by atoms with Crippen LogP contribution in [0.4, 0.5) is 17.1 Å². The standard InChI is InChI=1S/C14H8N4O6S2/c19-13-12(7-9-2-1-5-24-9)26-14(25)16(13)15-10-4-3-8(17(20)21)6-11(10)18(22)23/h1-7,15H/b12-7+. The second-order valence-electron chi connectivity index (χ2n) is 4.86. The molecule has 0 bridgehead atoms. The number of hydrogen-bond acceptors (Lipinski definition) is 9. The van der Waals surface area contributed by atoms with Crippen molar-refractivity contribution in [2.45, 2.75) is 0 Å². The fraction of sp³-hybridized carbons (Fsp3) is 0. The summed E-state index contributed by atoms with van der Waals surface area (Å²) < 4.78 is 5.27. The number of rotatable bonds is 5. The van der Waals surface area contributed by atoms with Crippen LogP contribution < -0.4 is 5.43 Å². The molecular weight excluding hydrogens is 384 g/mol. The van der Waals surface area contributed by atoms with Crippen molar-refractivity contribution >= 4 is 57.3 Å². The van der Waals surface area contributed by atoms with Crippen molar-refractivity contribution in [2.75, 3.05) is 5.43 Å². The Labute approximate surface area is 154 Å². The van der Waals surface area contributed by atoms with Gasteiger partial charge in [-0.25, -0.2) is 5.01 Å². The smallest absolute Gasteiger partial charge is 0.300 e. The van der Waals surface area contributed by atoms with Crippen molar-refractivity contribution in [2.24, 2.45) is 0 Å². The predicted octanol–water partition coefficient (Wildman–Crippen LogP) is 3.32. The summed E-state index contributed by atoms with van der Waals surface area (Å²) in [6.07, 6.45) is 2.94. The number of benzene rings is 1. The lowest BCUT2D eigenvalue weighted by atomic mass is 10.2. The van der Waals surface area contributed by atoms with E-state index in [1.165, 1.54) is 12.3 Å². The number of nitrogens with one attached hydrogen (secondary N) is 1. The van der Waals surface area contributed by atoms with Gasteiger partial charge in [0.05, 0.1) is 27.1 Å². The summed E-state index contributed by atoms with van der Waals surface area (Å²) in [6.45, 7) is 0. The Morgan fingerprint density at radius 3 is 2.62 bits per heavy atom. The number of hydrazine groups is 1. The molecule has 2 heterocycles. The fourth-order valence-corrected chi connectivity index (χ4v) is 3.23. The van der Waals surface area contributed by atoms with Gasteiger partial charge in [0.2, 0.25) is 0 Å². The molecule has 0 aliphatic carbocycles. The van der Waals surface area contributed by atoms with E-state index in [4.69, 9.17) is 16.6 Å². The SMILES string of the molecule is O=C1/C(=C\c2ccco2)SC(=S)N1Nc1ccc([N+](=O)[O-])cc1[N+](=O)[O-]. The van der Waals surface area contributed by atoms with Crippen LogP contribution in [0.1, 0.15) is 5.76 Å². The van der Waals surface area contributed by atoms with Crippen molar-refractivity contribution in [3.05, 3.63) is 67.5 Å². The normalized spacial score (nSPS) is 15.5. The second kappa shape index (κ2) is 6.93. The molecule has 2 aromatic rings. The number of thioether (sulfide) groups is 1. The molecule has 1 amide bonds. The van der Waals surface area contributed by atoms with E-state index in [-0.39, 0.29) is 14.9 Å². The van der Waals surface area contributed by atoms with Crippen LogP contribution in [0.3, 0.4) is 0 Å². The molecule has 1 aliphatic heterocycles. The van der Waals surface area contributed by atoms with Gasteiger partial charge in [-0.2, -0.15) is 0 Å². The topological polar surface area (TPSA) is 132 Å². The maximum Gasteiger partial charge on any atom is 0.300 e. The molecule has 1 aromatic carbocycles. The summed E-state index contributed by atoms with van der Waals surface area (Å²) in [5.41, 5.74) is 1.46. The summed E-state index contributed by atoms with van der Waals surface area (Å²) in [7, 11) is 0. The van der Waals surface area contributed by atoms with Crippen molar-refractivity contribution < 1.29 is 19.1 Å². The van der Waals surface area contributed by atoms with E-state index < -0.39 is 27.1 Å². The lowest BCUT2D eigenvalue weighted by Gasteiger charge is -2.16. The molecule has 0 unspecified atom stereocenters. The Morgan fingerprint density at radius 1 is 1.23 bits per heavy atom. The Morgan fingerprint density at radius 2 is 2.00 bits per heavy atom. The number of carbonyl (C=O) groups excluding carboxylic acids is 1. The minimum atomic E-state index is -0.786. The first-order valence-corrected chi connectivity index (χ1v) is 8.10. The van der Waals surface area contributed by atoms with Crippen molar-refractivity contribution in [1.82, 2.24) is 5.01 Å². The van der Waals surface area contributed by atoms with Gasteiger partial charge < -0.3 is 4.42 Å². The number of amides is 1. The molecule has 1 N–H and O–H groups in total. The highest BCUT2D eigenvalue weighted by Gasteiger charge is 2.34. The van der Waals surface area contributed by atoms with Gasteiger partial charge in [0.15, 0.2) is 4.32 Å². The Balaban J connectivity index is 1.89. The lowest BCUT2D eigenvalue weighted by molar-refractivity contribution is -0.393. The van der Waals surface area contributed by atoms with E-state index in [1.54, 1.807) is 12.1 Å². The molecule has 1 saturated heterocycles. The van der Waals surface area contributed by atoms with Crippen molar-refractivity contribution in [1.29, 1.82) is 0 Å². The predicted molar refractivity (Wildman–Crippen MR) is 97.1 cm³/mol. The Bertz CT molecular complexity index is 956. The third-order valence-corrected chi connectivity index (χ3v) is 4.53. The molecule has 0 radical (unpaired) electrons. The van der Waals surface area contributed by atoms with Crippen LogP contribution in [0.15, 0.2) is 45.9 Å². The van der Waals surface area contributed by atoms with Crippen molar-refractivity contribution in [3.8, 4) is 0 Å². The number of nitrogens with zero attached hydrogens (tertiary/aromatic N) is 3. The number of anilines is 1. The van der Waals surface area contributed by atoms with Gasteiger partial charge in [-0.05, 0) is 30.4 Å². The molecule has 1 fully saturated rings. The molecule has 132 valence electrons. The monoisotopic (exact) mass is 392 g/mol. The van der Waals surface area contributed by atoms with Gasteiger partial charge in [0, 0.05) is 12.1 Å². The molecule has 1 aromatic heterocycles. The first kappa shape index (κ1) is 17.6. The summed E-state index contributed by atoms with van der Waals surface area (Å²) in [6, 6.07) is 6.35. The quantitative estimate of drug-likeness (QED) is 0.352. The van der Waals surface area contributed by atoms with Gasteiger partial charge in [-0.15, -0.1) is 0 Å². The summed E-state index contributed by atoms with van der Waals surface area (Å²) in [5, 5.41) is 22.9. The maximum absolute atomic E-state index is 12.5. The number of nitro benzene ring substituents is 2. The van der Waals surface area contributed by atoms with E-state index in [9.17, 15) is 25.0 Å². The highest BCUT2D eigenvalue weighted by Crippen LogP contribution is 2.35. The minimum Gasteiger partial charge on any atom is -0.465 e. The van der Waals surface area contributed by atoms with Gasteiger partial charge >= 0.3 is 5.69 Å². The third-order valence-electron chi connectivity index (χ3n) is 3.23. The third kappa shape index (κ3) is 3.41. The van der Waals surface area contributed by atoms with E-state index >= 15 is 0 Å².